The molecule has 114 valence electrons. The maximum atomic E-state index is 12.2. The molecule has 3 rings (SSSR count). The van der Waals surface area contributed by atoms with Crippen LogP contribution < -0.4 is 9.64 Å². The second kappa shape index (κ2) is 5.72. The molecule has 2 aromatic carbocycles. The minimum Gasteiger partial charge on any atom is -0.508 e. The summed E-state index contributed by atoms with van der Waals surface area (Å²) in [6, 6.07) is 13.1. The van der Waals surface area contributed by atoms with Gasteiger partial charge in [-0.1, -0.05) is 38.1 Å². The summed E-state index contributed by atoms with van der Waals surface area (Å²) in [6.45, 7) is 4.80. The lowest BCUT2D eigenvalue weighted by molar-refractivity contribution is -0.121. The molecule has 0 bridgehead atoms. The van der Waals surface area contributed by atoms with Crippen LogP contribution in [0.1, 0.15) is 30.9 Å². The number of fused-ring (bicyclic) bond motifs is 1. The molecule has 0 spiro atoms. The summed E-state index contributed by atoms with van der Waals surface area (Å²) < 4.78 is 5.41. The first-order chi connectivity index (χ1) is 10.5. The number of hydrogen-bond donors (Lipinski definition) is 1. The molecule has 0 atom stereocenters. The second-order valence-corrected chi connectivity index (χ2v) is 5.82. The Morgan fingerprint density at radius 2 is 1.91 bits per heavy atom. The van der Waals surface area contributed by atoms with E-state index >= 15 is 0 Å². The van der Waals surface area contributed by atoms with Crippen molar-refractivity contribution in [2.75, 3.05) is 11.5 Å². The molecule has 4 nitrogen and oxygen atoms in total. The molecule has 0 aliphatic carbocycles. The predicted molar refractivity (Wildman–Crippen MR) is 85.3 cm³/mol. The lowest BCUT2D eigenvalue weighted by Gasteiger charge is -2.29. The number of ether oxygens (including phenoxy) is 1. The molecular weight excluding hydrogens is 278 g/mol. The summed E-state index contributed by atoms with van der Waals surface area (Å²) in [5.41, 5.74) is 2.94. The number of benzene rings is 2. The number of phenolic OH excluding ortho intramolecular Hbond substituents is 1. The van der Waals surface area contributed by atoms with E-state index in [1.807, 2.05) is 12.1 Å². The highest BCUT2D eigenvalue weighted by Crippen LogP contribution is 2.35. The summed E-state index contributed by atoms with van der Waals surface area (Å²) in [5.74, 6) is 1.12. The summed E-state index contributed by atoms with van der Waals surface area (Å²) in [6.07, 6.45) is 0. The lowest BCUT2D eigenvalue weighted by atomic mass is 10.0. The van der Waals surface area contributed by atoms with Crippen LogP contribution in [-0.2, 0) is 11.3 Å². The van der Waals surface area contributed by atoms with Crippen molar-refractivity contribution in [2.45, 2.75) is 26.3 Å². The number of carbonyl (C=O) groups excluding carboxylic acids is 1. The zero-order chi connectivity index (χ0) is 15.7. The van der Waals surface area contributed by atoms with Crippen LogP contribution in [-0.4, -0.2) is 17.6 Å². The molecule has 1 heterocycles. The largest absolute Gasteiger partial charge is 0.508 e. The topological polar surface area (TPSA) is 49.8 Å². The maximum absolute atomic E-state index is 12.2. The van der Waals surface area contributed by atoms with Crippen LogP contribution in [0.2, 0.25) is 0 Å². The molecule has 1 amide bonds. The van der Waals surface area contributed by atoms with Crippen molar-refractivity contribution in [1.82, 2.24) is 0 Å². The van der Waals surface area contributed by atoms with Crippen molar-refractivity contribution < 1.29 is 14.6 Å². The molecule has 1 N–H and O–H groups in total. The van der Waals surface area contributed by atoms with Gasteiger partial charge in [0.25, 0.3) is 5.91 Å². The van der Waals surface area contributed by atoms with E-state index in [1.54, 1.807) is 23.1 Å². The Hall–Kier alpha value is -2.49. The van der Waals surface area contributed by atoms with Gasteiger partial charge in [0, 0.05) is 6.07 Å². The standard InChI is InChI=1S/C18H19NO3/c1-12(2)14-5-3-13(4-6-14)10-19-16-9-15(20)7-8-17(16)22-11-18(19)21/h3-9,12,20H,10-11H2,1-2H3. The SMILES string of the molecule is CC(C)c1ccc(CN2C(=O)COc3ccc(O)cc32)cc1. The van der Waals surface area contributed by atoms with Gasteiger partial charge in [0.15, 0.2) is 6.61 Å². The van der Waals surface area contributed by atoms with E-state index in [9.17, 15) is 9.90 Å². The number of phenols is 1. The Balaban J connectivity index is 1.88. The number of amides is 1. The summed E-state index contributed by atoms with van der Waals surface area (Å²) in [7, 11) is 0. The van der Waals surface area contributed by atoms with E-state index in [2.05, 4.69) is 26.0 Å². The van der Waals surface area contributed by atoms with Crippen molar-refractivity contribution in [3.8, 4) is 11.5 Å². The van der Waals surface area contributed by atoms with Crippen LogP contribution >= 0.6 is 0 Å². The van der Waals surface area contributed by atoms with Gasteiger partial charge in [-0.3, -0.25) is 4.79 Å². The fourth-order valence-corrected chi connectivity index (χ4v) is 2.55. The number of hydrogen-bond acceptors (Lipinski definition) is 3. The van der Waals surface area contributed by atoms with Crippen molar-refractivity contribution >= 4 is 11.6 Å². The van der Waals surface area contributed by atoms with Crippen molar-refractivity contribution in [3.05, 3.63) is 53.6 Å². The first-order valence-corrected chi connectivity index (χ1v) is 7.39. The highest BCUT2D eigenvalue weighted by atomic mass is 16.5. The van der Waals surface area contributed by atoms with E-state index in [-0.39, 0.29) is 18.3 Å². The summed E-state index contributed by atoms with van der Waals surface area (Å²) in [4.78, 5) is 13.8. The number of nitrogens with zero attached hydrogens (tertiary/aromatic N) is 1. The molecule has 1 aliphatic heterocycles. The number of carbonyl (C=O) groups is 1. The van der Waals surface area contributed by atoms with E-state index < -0.39 is 0 Å². The van der Waals surface area contributed by atoms with Gasteiger partial charge in [-0.05, 0) is 29.2 Å². The molecule has 22 heavy (non-hydrogen) atoms. The molecule has 0 radical (unpaired) electrons. The van der Waals surface area contributed by atoms with Crippen LogP contribution in [0.15, 0.2) is 42.5 Å². The third kappa shape index (κ3) is 2.77. The highest BCUT2D eigenvalue weighted by Gasteiger charge is 2.26. The molecule has 0 saturated carbocycles. The highest BCUT2D eigenvalue weighted by molar-refractivity contribution is 5.97. The minimum atomic E-state index is -0.106. The fourth-order valence-electron chi connectivity index (χ4n) is 2.55. The summed E-state index contributed by atoms with van der Waals surface area (Å²) in [5, 5.41) is 9.66. The average Bonchev–Trinajstić information content (AvgIpc) is 2.51. The normalized spacial score (nSPS) is 14.0. The monoisotopic (exact) mass is 297 g/mol. The Morgan fingerprint density at radius 3 is 2.59 bits per heavy atom. The average molecular weight is 297 g/mol. The van der Waals surface area contributed by atoms with Gasteiger partial charge in [-0.25, -0.2) is 0 Å². The fraction of sp³-hybridized carbons (Fsp3) is 0.278. The zero-order valence-corrected chi connectivity index (χ0v) is 12.7. The van der Waals surface area contributed by atoms with Gasteiger partial charge >= 0.3 is 0 Å². The third-order valence-corrected chi connectivity index (χ3v) is 3.87. The molecule has 1 aliphatic rings. The molecule has 0 aromatic heterocycles. The molecule has 0 saturated heterocycles. The van der Waals surface area contributed by atoms with E-state index in [1.165, 1.54) is 5.56 Å². The van der Waals surface area contributed by atoms with Crippen molar-refractivity contribution in [1.29, 1.82) is 0 Å². The van der Waals surface area contributed by atoms with Crippen LogP contribution in [0.5, 0.6) is 11.5 Å². The van der Waals surface area contributed by atoms with Gasteiger partial charge in [0.2, 0.25) is 0 Å². The van der Waals surface area contributed by atoms with E-state index in [0.29, 0.717) is 23.9 Å². The maximum Gasteiger partial charge on any atom is 0.265 e. The van der Waals surface area contributed by atoms with Crippen LogP contribution in [0.25, 0.3) is 0 Å². The van der Waals surface area contributed by atoms with Gasteiger partial charge < -0.3 is 14.7 Å². The van der Waals surface area contributed by atoms with Crippen molar-refractivity contribution in [2.24, 2.45) is 0 Å². The Morgan fingerprint density at radius 1 is 1.18 bits per heavy atom. The number of aromatic hydroxyl groups is 1. The Labute approximate surface area is 130 Å². The van der Waals surface area contributed by atoms with Crippen LogP contribution in [0.4, 0.5) is 5.69 Å². The van der Waals surface area contributed by atoms with Gasteiger partial charge in [-0.2, -0.15) is 0 Å². The van der Waals surface area contributed by atoms with Crippen molar-refractivity contribution in [3.63, 3.8) is 0 Å². The lowest BCUT2D eigenvalue weighted by Crippen LogP contribution is -2.38. The molecule has 0 fully saturated rings. The molecule has 4 heteroatoms. The minimum absolute atomic E-state index is 0.0296. The van der Waals surface area contributed by atoms with Crippen LogP contribution in [0.3, 0.4) is 0 Å². The van der Waals surface area contributed by atoms with E-state index in [0.717, 1.165) is 5.56 Å². The van der Waals surface area contributed by atoms with Crippen LogP contribution in [0, 0.1) is 0 Å². The third-order valence-electron chi connectivity index (χ3n) is 3.87. The summed E-state index contributed by atoms with van der Waals surface area (Å²) >= 11 is 0. The Bertz CT molecular complexity index is 692. The smallest absolute Gasteiger partial charge is 0.265 e. The van der Waals surface area contributed by atoms with Gasteiger partial charge in [0.1, 0.15) is 11.5 Å². The number of anilines is 1. The predicted octanol–water partition coefficient (Wildman–Crippen LogP) is 3.44. The first kappa shape index (κ1) is 14.4. The number of rotatable bonds is 3. The van der Waals surface area contributed by atoms with Gasteiger partial charge in [0.05, 0.1) is 12.2 Å². The second-order valence-electron chi connectivity index (χ2n) is 5.82. The van der Waals surface area contributed by atoms with E-state index in [4.69, 9.17) is 4.74 Å². The molecule has 2 aromatic rings. The molecule has 0 unspecified atom stereocenters. The first-order valence-electron chi connectivity index (χ1n) is 7.39. The molecular formula is C18H19NO3. The van der Waals surface area contributed by atoms with Gasteiger partial charge in [-0.15, -0.1) is 0 Å². The Kier molecular flexibility index (Phi) is 3.75. The zero-order valence-electron chi connectivity index (χ0n) is 12.7. The quantitative estimate of drug-likeness (QED) is 0.944.